The van der Waals surface area contributed by atoms with Gasteiger partial charge in [-0.05, 0) is 37.6 Å². The molecule has 1 N–H and O–H groups in total. The smallest absolute Gasteiger partial charge is 0.226 e. The highest BCUT2D eigenvalue weighted by atomic mass is 16.5. The number of para-hydroxylation sites is 1. The first-order valence-electron chi connectivity index (χ1n) is 9.70. The Morgan fingerprint density at radius 2 is 1.79 bits per heavy atom. The number of hydrogen-bond acceptors (Lipinski definition) is 4. The Hall–Kier alpha value is -3.02. The number of nitrogens with zero attached hydrogens (tertiary/aromatic N) is 1. The fourth-order valence-electron chi connectivity index (χ4n) is 3.69. The maximum atomic E-state index is 12.9. The van der Waals surface area contributed by atoms with Crippen LogP contribution in [-0.4, -0.2) is 37.5 Å². The van der Waals surface area contributed by atoms with Crippen LogP contribution in [0.4, 0.5) is 0 Å². The van der Waals surface area contributed by atoms with Crippen molar-refractivity contribution in [3.63, 3.8) is 0 Å². The van der Waals surface area contributed by atoms with Crippen molar-refractivity contribution >= 4 is 11.8 Å². The topological polar surface area (TPSA) is 67.9 Å². The molecular weight excluding hydrogens is 368 g/mol. The average molecular weight is 396 g/mol. The summed E-state index contributed by atoms with van der Waals surface area (Å²) in [5.41, 5.74) is 1.29. The molecule has 154 valence electrons. The normalized spacial score (nSPS) is 16.6. The zero-order chi connectivity index (χ0) is 21.0. The molecule has 0 radical (unpaired) electrons. The van der Waals surface area contributed by atoms with Gasteiger partial charge in [-0.15, -0.1) is 0 Å². The van der Waals surface area contributed by atoms with E-state index in [1.165, 1.54) is 0 Å². The summed E-state index contributed by atoms with van der Waals surface area (Å²) in [6.45, 7) is 4.78. The average Bonchev–Trinajstić information content (AvgIpc) is 3.08. The molecule has 1 aliphatic rings. The van der Waals surface area contributed by atoms with E-state index in [2.05, 4.69) is 5.32 Å². The first-order chi connectivity index (χ1) is 13.8. The van der Waals surface area contributed by atoms with E-state index in [0.29, 0.717) is 13.1 Å². The van der Waals surface area contributed by atoms with Crippen molar-refractivity contribution in [1.29, 1.82) is 0 Å². The third-order valence-electron chi connectivity index (χ3n) is 5.33. The van der Waals surface area contributed by atoms with Crippen LogP contribution in [0.5, 0.6) is 11.5 Å². The van der Waals surface area contributed by atoms with E-state index in [-0.39, 0.29) is 24.2 Å². The number of benzene rings is 2. The molecule has 2 amide bonds. The van der Waals surface area contributed by atoms with Crippen LogP contribution in [0.1, 0.15) is 31.4 Å². The zero-order valence-electron chi connectivity index (χ0n) is 17.4. The summed E-state index contributed by atoms with van der Waals surface area (Å²) in [5, 5.41) is 3.09. The lowest BCUT2D eigenvalue weighted by Gasteiger charge is -2.29. The van der Waals surface area contributed by atoms with Gasteiger partial charge >= 0.3 is 0 Å². The Balaban J connectivity index is 1.65. The van der Waals surface area contributed by atoms with E-state index in [0.717, 1.165) is 22.6 Å². The SMILES string of the molecule is COc1ccc(CN2CC(C(=O)NC(C)(C)c3ccccc3OC)CC2=O)cc1. The van der Waals surface area contributed by atoms with Crippen molar-refractivity contribution in [2.75, 3.05) is 20.8 Å². The molecule has 2 aromatic rings. The quantitative estimate of drug-likeness (QED) is 0.781. The predicted molar refractivity (Wildman–Crippen MR) is 111 cm³/mol. The molecule has 0 saturated carbocycles. The van der Waals surface area contributed by atoms with Crippen LogP contribution >= 0.6 is 0 Å². The molecule has 1 saturated heterocycles. The van der Waals surface area contributed by atoms with Gasteiger partial charge in [0.25, 0.3) is 0 Å². The molecule has 29 heavy (non-hydrogen) atoms. The number of likely N-dealkylation sites (tertiary alicyclic amines) is 1. The first-order valence-corrected chi connectivity index (χ1v) is 9.70. The van der Waals surface area contributed by atoms with E-state index < -0.39 is 5.54 Å². The van der Waals surface area contributed by atoms with E-state index in [9.17, 15) is 9.59 Å². The second kappa shape index (κ2) is 8.55. The van der Waals surface area contributed by atoms with Gasteiger partial charge in [0.15, 0.2) is 0 Å². The van der Waals surface area contributed by atoms with Crippen molar-refractivity contribution in [1.82, 2.24) is 10.2 Å². The summed E-state index contributed by atoms with van der Waals surface area (Å²) in [6, 6.07) is 15.2. The van der Waals surface area contributed by atoms with Gasteiger partial charge in [-0.1, -0.05) is 30.3 Å². The van der Waals surface area contributed by atoms with Crippen molar-refractivity contribution in [2.24, 2.45) is 5.92 Å². The molecule has 6 nitrogen and oxygen atoms in total. The van der Waals surface area contributed by atoms with Gasteiger partial charge in [0.2, 0.25) is 11.8 Å². The number of carbonyl (C=O) groups is 2. The van der Waals surface area contributed by atoms with Crippen LogP contribution < -0.4 is 14.8 Å². The van der Waals surface area contributed by atoms with Crippen molar-refractivity contribution in [2.45, 2.75) is 32.4 Å². The minimum Gasteiger partial charge on any atom is -0.497 e. The number of carbonyl (C=O) groups excluding carboxylic acids is 2. The van der Waals surface area contributed by atoms with Crippen LogP contribution in [0.25, 0.3) is 0 Å². The third-order valence-corrected chi connectivity index (χ3v) is 5.33. The lowest BCUT2D eigenvalue weighted by Crippen LogP contribution is -2.44. The summed E-state index contributed by atoms with van der Waals surface area (Å²) < 4.78 is 10.6. The third kappa shape index (κ3) is 4.70. The Bertz CT molecular complexity index is 877. The van der Waals surface area contributed by atoms with E-state index in [1.807, 2.05) is 62.4 Å². The number of amides is 2. The molecule has 1 atom stereocenters. The van der Waals surface area contributed by atoms with Crippen molar-refractivity contribution in [3.8, 4) is 11.5 Å². The largest absolute Gasteiger partial charge is 0.497 e. The molecule has 1 fully saturated rings. The predicted octanol–water partition coefficient (Wildman–Crippen LogP) is 3.10. The molecule has 1 aliphatic heterocycles. The highest BCUT2D eigenvalue weighted by molar-refractivity contribution is 5.89. The summed E-state index contributed by atoms with van der Waals surface area (Å²) in [7, 11) is 3.23. The Morgan fingerprint density at radius 1 is 1.10 bits per heavy atom. The van der Waals surface area contributed by atoms with E-state index in [4.69, 9.17) is 9.47 Å². The Labute approximate surface area is 171 Å². The van der Waals surface area contributed by atoms with Gasteiger partial charge in [0, 0.05) is 25.1 Å². The fourth-order valence-corrected chi connectivity index (χ4v) is 3.69. The van der Waals surface area contributed by atoms with E-state index in [1.54, 1.807) is 19.1 Å². The zero-order valence-corrected chi connectivity index (χ0v) is 17.4. The number of ether oxygens (including phenoxy) is 2. The second-order valence-corrected chi connectivity index (χ2v) is 7.84. The van der Waals surface area contributed by atoms with Gasteiger partial charge in [-0.25, -0.2) is 0 Å². The first kappa shape index (κ1) is 20.7. The molecular formula is C23H28N2O4. The Kier molecular flexibility index (Phi) is 6.11. The van der Waals surface area contributed by atoms with Crippen LogP contribution in [0.2, 0.25) is 0 Å². The van der Waals surface area contributed by atoms with Gasteiger partial charge in [0.05, 0.1) is 25.7 Å². The molecule has 0 aromatic heterocycles. The molecule has 3 rings (SSSR count). The fraction of sp³-hybridized carbons (Fsp3) is 0.391. The number of rotatable bonds is 7. The molecule has 0 aliphatic carbocycles. The highest BCUT2D eigenvalue weighted by Crippen LogP contribution is 2.30. The lowest BCUT2D eigenvalue weighted by molar-refractivity contribution is -0.129. The number of nitrogens with one attached hydrogen (secondary N) is 1. The molecule has 2 aromatic carbocycles. The van der Waals surface area contributed by atoms with Crippen LogP contribution in [0, 0.1) is 5.92 Å². The highest BCUT2D eigenvalue weighted by Gasteiger charge is 2.37. The lowest BCUT2D eigenvalue weighted by atomic mass is 9.92. The molecule has 1 unspecified atom stereocenters. The standard InChI is InChI=1S/C23H28N2O4/c1-23(2,19-7-5-6-8-20(19)29-4)24-22(27)17-13-21(26)25(15-17)14-16-9-11-18(28-3)12-10-16/h5-12,17H,13-15H2,1-4H3,(H,24,27). The number of hydrogen-bond donors (Lipinski definition) is 1. The van der Waals surface area contributed by atoms with E-state index >= 15 is 0 Å². The number of methoxy groups -OCH3 is 2. The maximum absolute atomic E-state index is 12.9. The maximum Gasteiger partial charge on any atom is 0.226 e. The minimum atomic E-state index is -0.615. The minimum absolute atomic E-state index is 0.00364. The summed E-state index contributed by atoms with van der Waals surface area (Å²) in [5.74, 6) is 1.01. The summed E-state index contributed by atoms with van der Waals surface area (Å²) >= 11 is 0. The summed E-state index contributed by atoms with van der Waals surface area (Å²) in [6.07, 6.45) is 0.226. The van der Waals surface area contributed by atoms with Gasteiger partial charge in [0.1, 0.15) is 11.5 Å². The van der Waals surface area contributed by atoms with Gasteiger partial charge in [-0.3, -0.25) is 9.59 Å². The molecule has 0 bridgehead atoms. The molecule has 0 spiro atoms. The Morgan fingerprint density at radius 3 is 2.45 bits per heavy atom. The van der Waals surface area contributed by atoms with Crippen LogP contribution in [0.15, 0.2) is 48.5 Å². The molecule has 6 heteroatoms. The van der Waals surface area contributed by atoms with Gasteiger partial charge in [-0.2, -0.15) is 0 Å². The second-order valence-electron chi connectivity index (χ2n) is 7.84. The van der Waals surface area contributed by atoms with Crippen molar-refractivity contribution in [3.05, 3.63) is 59.7 Å². The van der Waals surface area contributed by atoms with Crippen LogP contribution in [0.3, 0.4) is 0 Å². The van der Waals surface area contributed by atoms with Gasteiger partial charge < -0.3 is 19.7 Å². The summed E-state index contributed by atoms with van der Waals surface area (Å²) in [4.78, 5) is 27.1. The monoisotopic (exact) mass is 396 g/mol. The van der Waals surface area contributed by atoms with Crippen molar-refractivity contribution < 1.29 is 19.1 Å². The molecule has 1 heterocycles. The van der Waals surface area contributed by atoms with Crippen LogP contribution in [-0.2, 0) is 21.7 Å².